The van der Waals surface area contributed by atoms with Crippen molar-refractivity contribution in [3.05, 3.63) is 22.2 Å². The number of aromatic amines is 1. The molecule has 0 aromatic carbocycles. The third kappa shape index (κ3) is 4.94. The lowest BCUT2D eigenvalue weighted by molar-refractivity contribution is 0.0308. The summed E-state index contributed by atoms with van der Waals surface area (Å²) in [5.41, 5.74) is 5.33. The maximum absolute atomic E-state index is 10.8. The fraction of sp³-hybridized carbons (Fsp3) is 0.500. The van der Waals surface area contributed by atoms with Gasteiger partial charge in [0.25, 0.3) is 0 Å². The van der Waals surface area contributed by atoms with Crippen molar-refractivity contribution in [3.63, 3.8) is 0 Å². The quantitative estimate of drug-likeness (QED) is 0.389. The highest BCUT2D eigenvalue weighted by Crippen LogP contribution is 2.34. The molecule has 9 nitrogen and oxygen atoms in total. The molecule has 0 bridgehead atoms. The summed E-state index contributed by atoms with van der Waals surface area (Å²) in [6.45, 7) is -0.446. The Morgan fingerprint density at radius 2 is 2.22 bits per heavy atom. The second kappa shape index (κ2) is 6.07. The van der Waals surface area contributed by atoms with Gasteiger partial charge in [-0.15, -0.1) is 0 Å². The first-order valence-corrected chi connectivity index (χ1v) is 6.72. The first kappa shape index (κ1) is 14.8. The van der Waals surface area contributed by atoms with Gasteiger partial charge in [-0.05, 0) is 0 Å². The Morgan fingerprint density at radius 1 is 1.56 bits per heavy atom. The van der Waals surface area contributed by atoms with Crippen LogP contribution in [0.3, 0.4) is 0 Å². The summed E-state index contributed by atoms with van der Waals surface area (Å²) in [6, 6.07) is 0. The second-order valence-corrected chi connectivity index (χ2v) is 5.18. The van der Waals surface area contributed by atoms with Crippen LogP contribution < -0.4 is 11.4 Å². The smallest absolute Gasteiger partial charge is 0.350 e. The molecule has 1 aromatic heterocycles. The molecule has 10 heteroatoms. The van der Waals surface area contributed by atoms with Crippen LogP contribution in [0, 0.1) is 0 Å². The summed E-state index contributed by atoms with van der Waals surface area (Å²) >= 11 is 0. The molecular weight excluding hydrogens is 265 g/mol. The van der Waals surface area contributed by atoms with Gasteiger partial charge in [-0.2, -0.15) is 0 Å². The average Bonchev–Trinajstić information content (AvgIpc) is 2.25. The van der Waals surface area contributed by atoms with Gasteiger partial charge in [0.2, 0.25) is 0 Å². The number of nitrogens with two attached hydrogens (primary N) is 1. The first-order valence-electron chi connectivity index (χ1n) is 4.92. The molecule has 18 heavy (non-hydrogen) atoms. The number of hydrogen-bond acceptors (Lipinski definition) is 6. The van der Waals surface area contributed by atoms with Crippen LogP contribution in [0.5, 0.6) is 0 Å². The summed E-state index contributed by atoms with van der Waals surface area (Å²) < 4.78 is 15.5. The van der Waals surface area contributed by atoms with Gasteiger partial charge >= 0.3 is 13.3 Å². The van der Waals surface area contributed by atoms with Crippen LogP contribution in [0.4, 0.5) is 5.82 Å². The van der Waals surface area contributed by atoms with Gasteiger partial charge < -0.3 is 25.4 Å². The molecule has 0 fully saturated rings. The Kier molecular flexibility index (Phi) is 5.00. The number of aliphatic hydroxyl groups is 1. The summed E-state index contributed by atoms with van der Waals surface area (Å²) in [4.78, 5) is 33.8. The van der Waals surface area contributed by atoms with Crippen molar-refractivity contribution in [2.75, 3.05) is 18.7 Å². The number of hydrogen-bond donors (Lipinski definition) is 5. The minimum absolute atomic E-state index is 0.0755. The second-order valence-electron chi connectivity index (χ2n) is 3.60. The molecule has 0 aliphatic carbocycles. The van der Waals surface area contributed by atoms with Gasteiger partial charge in [0.1, 0.15) is 12.2 Å². The molecule has 1 heterocycles. The number of nitrogen functional groups attached to an aromatic ring is 1. The number of rotatable bonds is 6. The Hall–Kier alpha value is -1.25. The van der Waals surface area contributed by atoms with Crippen molar-refractivity contribution in [2.24, 2.45) is 0 Å². The predicted octanol–water partition coefficient (Wildman–Crippen LogP) is -1.59. The molecule has 0 amide bonds. The Morgan fingerprint density at radius 3 is 2.72 bits per heavy atom. The first-order chi connectivity index (χ1) is 8.31. The van der Waals surface area contributed by atoms with Crippen LogP contribution in [-0.4, -0.2) is 43.9 Å². The van der Waals surface area contributed by atoms with E-state index < -0.39 is 32.3 Å². The maximum Gasteiger partial charge on any atom is 0.350 e. The Bertz CT molecular complexity index is 498. The number of aliphatic hydroxyl groups excluding tert-OH is 1. The van der Waals surface area contributed by atoms with E-state index in [2.05, 4.69) is 9.97 Å². The lowest BCUT2D eigenvalue weighted by Crippen LogP contribution is -2.23. The van der Waals surface area contributed by atoms with Gasteiger partial charge in [-0.1, -0.05) is 0 Å². The standard InChI is InChI=1S/C8H14N3O6P/c9-7-5(2-10-8(13)11-7)1-6(3-12)17-4-18(14,15)16/h2,6,12H,1,3-4H2,(H2,14,15,16)(H3,9,10,11,13). The van der Waals surface area contributed by atoms with E-state index in [-0.39, 0.29) is 12.2 Å². The van der Waals surface area contributed by atoms with Crippen LogP contribution in [-0.2, 0) is 15.7 Å². The van der Waals surface area contributed by atoms with E-state index in [0.29, 0.717) is 5.56 Å². The molecule has 1 aromatic rings. The fourth-order valence-electron chi connectivity index (χ4n) is 1.22. The van der Waals surface area contributed by atoms with Gasteiger partial charge in [0, 0.05) is 18.2 Å². The number of nitrogens with zero attached hydrogens (tertiary/aromatic N) is 1. The minimum Gasteiger partial charge on any atom is -0.394 e. The summed E-state index contributed by atoms with van der Waals surface area (Å²) in [7, 11) is -4.30. The van der Waals surface area contributed by atoms with Crippen LogP contribution in [0.1, 0.15) is 5.56 Å². The lowest BCUT2D eigenvalue weighted by atomic mass is 10.1. The average molecular weight is 279 g/mol. The van der Waals surface area contributed by atoms with E-state index in [1.54, 1.807) is 0 Å². The van der Waals surface area contributed by atoms with E-state index in [4.69, 9.17) is 25.4 Å². The van der Waals surface area contributed by atoms with E-state index >= 15 is 0 Å². The van der Waals surface area contributed by atoms with Crippen molar-refractivity contribution in [1.82, 2.24) is 9.97 Å². The topological polar surface area (TPSA) is 159 Å². The molecule has 0 radical (unpaired) electrons. The third-order valence-electron chi connectivity index (χ3n) is 2.05. The van der Waals surface area contributed by atoms with Gasteiger partial charge in [-0.3, -0.25) is 9.55 Å². The molecule has 6 N–H and O–H groups in total. The van der Waals surface area contributed by atoms with Gasteiger partial charge in [-0.25, -0.2) is 9.78 Å². The molecule has 0 aliphatic heterocycles. The highest BCUT2D eigenvalue weighted by molar-refractivity contribution is 7.51. The lowest BCUT2D eigenvalue weighted by Gasteiger charge is -2.16. The molecular formula is C8H14N3O6P. The Labute approximate surface area is 102 Å². The van der Waals surface area contributed by atoms with E-state index in [1.807, 2.05) is 0 Å². The zero-order chi connectivity index (χ0) is 13.8. The number of ether oxygens (including phenoxy) is 1. The number of nitrogens with one attached hydrogen (secondary N) is 1. The van der Waals surface area contributed by atoms with Crippen LogP contribution >= 0.6 is 7.60 Å². The molecule has 0 saturated carbocycles. The molecule has 0 aliphatic rings. The van der Waals surface area contributed by atoms with Crippen molar-refractivity contribution in [2.45, 2.75) is 12.5 Å². The SMILES string of the molecule is Nc1[nH]c(=O)ncc1CC(CO)OCP(=O)(O)O. The number of anilines is 1. The maximum atomic E-state index is 10.8. The molecule has 0 saturated heterocycles. The molecule has 0 spiro atoms. The van der Waals surface area contributed by atoms with E-state index in [9.17, 15) is 9.36 Å². The largest absolute Gasteiger partial charge is 0.394 e. The molecule has 1 unspecified atom stereocenters. The fourth-order valence-corrected chi connectivity index (χ4v) is 1.63. The van der Waals surface area contributed by atoms with Crippen molar-refractivity contribution >= 4 is 13.4 Å². The molecule has 102 valence electrons. The van der Waals surface area contributed by atoms with Crippen LogP contribution in [0.25, 0.3) is 0 Å². The monoisotopic (exact) mass is 279 g/mol. The summed E-state index contributed by atoms with van der Waals surface area (Å²) in [5.74, 6) is 0.0771. The van der Waals surface area contributed by atoms with E-state index in [0.717, 1.165) is 0 Å². The molecule has 1 atom stereocenters. The normalized spacial score (nSPS) is 13.5. The highest BCUT2D eigenvalue weighted by atomic mass is 31.2. The van der Waals surface area contributed by atoms with Gasteiger partial charge in [0.15, 0.2) is 0 Å². The summed E-state index contributed by atoms with van der Waals surface area (Å²) in [6.07, 6.45) is -0.341. The zero-order valence-electron chi connectivity index (χ0n) is 9.31. The van der Waals surface area contributed by atoms with E-state index in [1.165, 1.54) is 6.20 Å². The van der Waals surface area contributed by atoms with Crippen molar-refractivity contribution in [3.8, 4) is 0 Å². The zero-order valence-corrected chi connectivity index (χ0v) is 10.2. The van der Waals surface area contributed by atoms with Crippen LogP contribution in [0.15, 0.2) is 11.0 Å². The number of H-pyrrole nitrogens is 1. The minimum atomic E-state index is -4.30. The van der Waals surface area contributed by atoms with Crippen molar-refractivity contribution in [1.29, 1.82) is 0 Å². The highest BCUT2D eigenvalue weighted by Gasteiger charge is 2.18. The van der Waals surface area contributed by atoms with Crippen molar-refractivity contribution < 1.29 is 24.2 Å². The summed E-state index contributed by atoms with van der Waals surface area (Å²) in [5, 5.41) is 9.02. The Balaban J connectivity index is 2.68. The third-order valence-corrected chi connectivity index (χ3v) is 2.54. The van der Waals surface area contributed by atoms with Crippen LogP contribution in [0.2, 0.25) is 0 Å². The number of aromatic nitrogens is 2. The predicted molar refractivity (Wildman–Crippen MR) is 61.8 cm³/mol. The van der Waals surface area contributed by atoms with Gasteiger partial charge in [0.05, 0.1) is 12.7 Å². The molecule has 1 rings (SSSR count).